The van der Waals surface area contributed by atoms with Crippen molar-refractivity contribution in [1.82, 2.24) is 10.2 Å². The van der Waals surface area contributed by atoms with E-state index in [1.165, 1.54) is 45.2 Å². The van der Waals surface area contributed by atoms with Crippen molar-refractivity contribution in [2.24, 2.45) is 5.92 Å². The molecule has 1 aliphatic heterocycles. The number of nitrogens with zero attached hydrogens (tertiary/aromatic N) is 1. The fourth-order valence-electron chi connectivity index (χ4n) is 2.79. The Balaban J connectivity index is 1.42. The molecule has 1 saturated heterocycles. The standard InChI is InChI=1S/C13H26N2O/c1-2-4-13(3-1)5-6-14-7-8-15-9-11-16-12-10-15/h13-14H,1-12H2. The molecule has 0 aromatic rings. The van der Waals surface area contributed by atoms with Crippen LogP contribution in [0.4, 0.5) is 0 Å². The van der Waals surface area contributed by atoms with Gasteiger partial charge in [-0.3, -0.25) is 4.90 Å². The van der Waals surface area contributed by atoms with E-state index in [2.05, 4.69) is 10.2 Å². The van der Waals surface area contributed by atoms with Crippen LogP contribution >= 0.6 is 0 Å². The van der Waals surface area contributed by atoms with Gasteiger partial charge in [0.05, 0.1) is 13.2 Å². The van der Waals surface area contributed by atoms with Gasteiger partial charge in [-0.1, -0.05) is 25.7 Å². The summed E-state index contributed by atoms with van der Waals surface area (Å²) in [6.07, 6.45) is 7.29. The lowest BCUT2D eigenvalue weighted by atomic mass is 10.0. The van der Waals surface area contributed by atoms with Crippen LogP contribution in [-0.4, -0.2) is 50.8 Å². The van der Waals surface area contributed by atoms with Crippen molar-refractivity contribution in [1.29, 1.82) is 0 Å². The van der Waals surface area contributed by atoms with E-state index in [4.69, 9.17) is 4.74 Å². The minimum absolute atomic E-state index is 0.919. The van der Waals surface area contributed by atoms with E-state index >= 15 is 0 Å². The molecule has 0 atom stereocenters. The third-order valence-electron chi connectivity index (χ3n) is 3.91. The number of nitrogens with one attached hydrogen (secondary N) is 1. The van der Waals surface area contributed by atoms with Gasteiger partial charge in [0.15, 0.2) is 0 Å². The van der Waals surface area contributed by atoms with Gasteiger partial charge in [0.1, 0.15) is 0 Å². The topological polar surface area (TPSA) is 24.5 Å². The number of hydrogen-bond acceptors (Lipinski definition) is 3. The zero-order valence-electron chi connectivity index (χ0n) is 10.4. The van der Waals surface area contributed by atoms with E-state index in [9.17, 15) is 0 Å². The first-order chi connectivity index (χ1) is 7.95. The van der Waals surface area contributed by atoms with Crippen LogP contribution in [0.5, 0.6) is 0 Å². The zero-order valence-corrected chi connectivity index (χ0v) is 10.4. The molecular formula is C13H26N2O. The molecular weight excluding hydrogens is 200 g/mol. The molecule has 1 aliphatic carbocycles. The van der Waals surface area contributed by atoms with E-state index in [-0.39, 0.29) is 0 Å². The minimum Gasteiger partial charge on any atom is -0.379 e. The Morgan fingerprint density at radius 1 is 1.06 bits per heavy atom. The molecule has 2 fully saturated rings. The fraction of sp³-hybridized carbons (Fsp3) is 1.00. The second-order valence-electron chi connectivity index (χ2n) is 5.14. The van der Waals surface area contributed by atoms with Crippen LogP contribution in [0.2, 0.25) is 0 Å². The largest absolute Gasteiger partial charge is 0.379 e. The Kier molecular flexibility index (Phi) is 5.59. The predicted molar refractivity (Wildman–Crippen MR) is 66.7 cm³/mol. The molecule has 3 nitrogen and oxygen atoms in total. The van der Waals surface area contributed by atoms with Crippen LogP contribution in [0.3, 0.4) is 0 Å². The Morgan fingerprint density at radius 2 is 1.81 bits per heavy atom. The van der Waals surface area contributed by atoms with Gasteiger partial charge in [-0.2, -0.15) is 0 Å². The Bertz CT molecular complexity index is 175. The van der Waals surface area contributed by atoms with Gasteiger partial charge in [-0.05, 0) is 18.9 Å². The second kappa shape index (κ2) is 7.25. The first-order valence-corrected chi connectivity index (χ1v) is 6.96. The van der Waals surface area contributed by atoms with Gasteiger partial charge in [0.25, 0.3) is 0 Å². The second-order valence-corrected chi connectivity index (χ2v) is 5.14. The average molecular weight is 226 g/mol. The number of ether oxygens (including phenoxy) is 1. The molecule has 0 bridgehead atoms. The highest BCUT2D eigenvalue weighted by Crippen LogP contribution is 2.26. The van der Waals surface area contributed by atoms with Gasteiger partial charge in [-0.15, -0.1) is 0 Å². The first-order valence-electron chi connectivity index (χ1n) is 6.96. The monoisotopic (exact) mass is 226 g/mol. The van der Waals surface area contributed by atoms with E-state index in [1.54, 1.807) is 0 Å². The lowest BCUT2D eigenvalue weighted by Gasteiger charge is -2.26. The van der Waals surface area contributed by atoms with Crippen LogP contribution < -0.4 is 5.32 Å². The molecule has 0 amide bonds. The summed E-state index contributed by atoms with van der Waals surface area (Å²) in [5, 5.41) is 3.58. The summed E-state index contributed by atoms with van der Waals surface area (Å²) in [5.41, 5.74) is 0. The van der Waals surface area contributed by atoms with E-state index in [0.717, 1.165) is 38.8 Å². The zero-order chi connectivity index (χ0) is 11.1. The molecule has 1 saturated carbocycles. The van der Waals surface area contributed by atoms with Crippen molar-refractivity contribution in [2.45, 2.75) is 32.1 Å². The van der Waals surface area contributed by atoms with Crippen molar-refractivity contribution in [2.75, 3.05) is 45.9 Å². The smallest absolute Gasteiger partial charge is 0.0594 e. The highest BCUT2D eigenvalue weighted by atomic mass is 16.5. The summed E-state index contributed by atoms with van der Waals surface area (Å²) in [5.74, 6) is 1.02. The predicted octanol–water partition coefficient (Wildman–Crippen LogP) is 1.49. The van der Waals surface area contributed by atoms with E-state index in [0.29, 0.717) is 0 Å². The Hall–Kier alpha value is -0.120. The van der Waals surface area contributed by atoms with Crippen LogP contribution in [0.25, 0.3) is 0 Å². The van der Waals surface area contributed by atoms with Gasteiger partial charge < -0.3 is 10.1 Å². The third kappa shape index (κ3) is 4.40. The van der Waals surface area contributed by atoms with E-state index < -0.39 is 0 Å². The minimum atomic E-state index is 0.919. The number of morpholine rings is 1. The fourth-order valence-corrected chi connectivity index (χ4v) is 2.79. The Labute approximate surface area is 99.5 Å². The lowest BCUT2D eigenvalue weighted by Crippen LogP contribution is -2.40. The maximum absolute atomic E-state index is 5.33. The summed E-state index contributed by atoms with van der Waals surface area (Å²) in [7, 11) is 0. The molecule has 1 heterocycles. The average Bonchev–Trinajstić information content (AvgIpc) is 2.83. The van der Waals surface area contributed by atoms with Gasteiger partial charge in [-0.25, -0.2) is 0 Å². The third-order valence-corrected chi connectivity index (χ3v) is 3.91. The summed E-state index contributed by atoms with van der Waals surface area (Å²) in [4.78, 5) is 2.49. The van der Waals surface area contributed by atoms with Gasteiger partial charge in [0.2, 0.25) is 0 Å². The maximum atomic E-state index is 5.33. The summed E-state index contributed by atoms with van der Waals surface area (Å²) < 4.78 is 5.33. The molecule has 3 heteroatoms. The summed E-state index contributed by atoms with van der Waals surface area (Å²) in [6.45, 7) is 7.62. The molecule has 0 unspecified atom stereocenters. The van der Waals surface area contributed by atoms with E-state index in [1.807, 2.05) is 0 Å². The van der Waals surface area contributed by atoms with Crippen LogP contribution in [0.1, 0.15) is 32.1 Å². The summed E-state index contributed by atoms with van der Waals surface area (Å²) in [6, 6.07) is 0. The maximum Gasteiger partial charge on any atom is 0.0594 e. The lowest BCUT2D eigenvalue weighted by molar-refractivity contribution is 0.0384. The van der Waals surface area contributed by atoms with Crippen molar-refractivity contribution in [3.63, 3.8) is 0 Å². The molecule has 1 N–H and O–H groups in total. The quantitative estimate of drug-likeness (QED) is 0.695. The molecule has 2 aliphatic rings. The van der Waals surface area contributed by atoms with Crippen LogP contribution in [0, 0.1) is 5.92 Å². The van der Waals surface area contributed by atoms with Crippen molar-refractivity contribution in [3.8, 4) is 0 Å². The molecule has 0 aromatic carbocycles. The highest BCUT2D eigenvalue weighted by Gasteiger charge is 2.14. The Morgan fingerprint density at radius 3 is 2.56 bits per heavy atom. The van der Waals surface area contributed by atoms with Crippen molar-refractivity contribution >= 4 is 0 Å². The molecule has 0 spiro atoms. The molecule has 2 rings (SSSR count). The van der Waals surface area contributed by atoms with Gasteiger partial charge >= 0.3 is 0 Å². The van der Waals surface area contributed by atoms with Crippen molar-refractivity contribution < 1.29 is 4.74 Å². The highest BCUT2D eigenvalue weighted by molar-refractivity contribution is 4.69. The van der Waals surface area contributed by atoms with Crippen molar-refractivity contribution in [3.05, 3.63) is 0 Å². The number of hydrogen-bond donors (Lipinski definition) is 1. The van der Waals surface area contributed by atoms with Crippen LogP contribution in [-0.2, 0) is 4.74 Å². The normalized spacial score (nSPS) is 24.0. The number of rotatable bonds is 6. The molecule has 0 radical (unpaired) electrons. The van der Waals surface area contributed by atoms with Crippen LogP contribution in [0.15, 0.2) is 0 Å². The SMILES string of the molecule is C1CCC(CCNCCN2CCOCC2)C1. The molecule has 16 heavy (non-hydrogen) atoms. The molecule has 0 aromatic heterocycles. The summed E-state index contributed by atoms with van der Waals surface area (Å²) >= 11 is 0. The first kappa shape index (κ1) is 12.3. The van der Waals surface area contributed by atoms with Gasteiger partial charge in [0, 0.05) is 26.2 Å². The molecule has 94 valence electrons.